The molecule has 0 aliphatic heterocycles. The molecule has 16 heavy (non-hydrogen) atoms. The van der Waals surface area contributed by atoms with Crippen molar-refractivity contribution in [2.75, 3.05) is 0 Å². The topological polar surface area (TPSA) is 17.1 Å². The summed E-state index contributed by atoms with van der Waals surface area (Å²) < 4.78 is 0. The van der Waals surface area contributed by atoms with E-state index in [0.29, 0.717) is 12.2 Å². The molecule has 1 aliphatic rings. The van der Waals surface area contributed by atoms with Gasteiger partial charge in [-0.2, -0.15) is 0 Å². The van der Waals surface area contributed by atoms with Crippen LogP contribution in [-0.2, 0) is 4.79 Å². The van der Waals surface area contributed by atoms with Crippen LogP contribution >= 0.6 is 0 Å². The predicted molar refractivity (Wildman–Crippen MR) is 64.9 cm³/mol. The molecular formula is C15H16O. The molecule has 1 saturated carbocycles. The zero-order valence-corrected chi connectivity index (χ0v) is 9.41. The molecule has 0 unspecified atom stereocenters. The summed E-state index contributed by atoms with van der Waals surface area (Å²) in [5.74, 6) is 7.05. The Morgan fingerprint density at radius 3 is 2.75 bits per heavy atom. The fraction of sp³-hybridized carbons (Fsp3) is 0.400. The smallest absolute Gasteiger partial charge is 0.134 e. The average molecular weight is 212 g/mol. The number of carbonyl (C=O) groups is 1. The van der Waals surface area contributed by atoms with Crippen molar-refractivity contribution >= 4 is 5.78 Å². The van der Waals surface area contributed by atoms with Crippen LogP contribution in [0, 0.1) is 17.8 Å². The van der Waals surface area contributed by atoms with E-state index in [2.05, 4.69) is 11.8 Å². The van der Waals surface area contributed by atoms with Gasteiger partial charge in [0.15, 0.2) is 0 Å². The van der Waals surface area contributed by atoms with Crippen LogP contribution in [0.2, 0.25) is 0 Å². The van der Waals surface area contributed by atoms with E-state index in [9.17, 15) is 4.79 Å². The molecule has 1 aromatic rings. The predicted octanol–water partition coefficient (Wildman–Crippen LogP) is 3.19. The van der Waals surface area contributed by atoms with Gasteiger partial charge in [0, 0.05) is 24.3 Å². The SMILES string of the molecule is O=C1CCCC[C@H](C#Cc2ccccc2)C1. The van der Waals surface area contributed by atoms with Crippen LogP contribution in [0.3, 0.4) is 0 Å². The molecule has 82 valence electrons. The minimum absolute atomic E-state index is 0.273. The summed E-state index contributed by atoms with van der Waals surface area (Å²) in [7, 11) is 0. The minimum atomic E-state index is 0.273. The van der Waals surface area contributed by atoms with E-state index < -0.39 is 0 Å². The summed E-state index contributed by atoms with van der Waals surface area (Å²) in [4.78, 5) is 11.4. The molecule has 0 spiro atoms. The van der Waals surface area contributed by atoms with Crippen LogP contribution in [0.1, 0.15) is 37.7 Å². The molecule has 0 amide bonds. The zero-order valence-electron chi connectivity index (χ0n) is 9.41. The van der Waals surface area contributed by atoms with Gasteiger partial charge in [-0.1, -0.05) is 36.5 Å². The highest BCUT2D eigenvalue weighted by Gasteiger charge is 2.15. The van der Waals surface area contributed by atoms with Crippen molar-refractivity contribution in [1.82, 2.24) is 0 Å². The lowest BCUT2D eigenvalue weighted by Crippen LogP contribution is -2.02. The van der Waals surface area contributed by atoms with E-state index in [4.69, 9.17) is 0 Å². The number of benzene rings is 1. The first kappa shape index (κ1) is 11.0. The molecular weight excluding hydrogens is 196 g/mol. The molecule has 1 aliphatic carbocycles. The number of Topliss-reactive ketones (excluding diaryl/α,β-unsaturated/α-hetero) is 1. The van der Waals surface area contributed by atoms with Crippen LogP contribution in [0.4, 0.5) is 0 Å². The van der Waals surface area contributed by atoms with Crippen molar-refractivity contribution in [3.8, 4) is 11.8 Å². The fourth-order valence-electron chi connectivity index (χ4n) is 2.02. The standard InChI is InChI=1S/C15H16O/c16-15-9-5-4-8-14(12-15)11-10-13-6-2-1-3-7-13/h1-3,6-7,14H,4-5,8-9,12H2/t14-/m1/s1. The van der Waals surface area contributed by atoms with E-state index in [0.717, 1.165) is 31.2 Å². The Hall–Kier alpha value is -1.55. The Morgan fingerprint density at radius 1 is 1.12 bits per heavy atom. The molecule has 1 aromatic carbocycles. The maximum absolute atomic E-state index is 11.4. The third kappa shape index (κ3) is 3.24. The molecule has 2 rings (SSSR count). The first-order valence-corrected chi connectivity index (χ1v) is 5.93. The molecule has 1 heteroatoms. The number of rotatable bonds is 0. The Bertz CT molecular complexity index is 408. The molecule has 1 atom stereocenters. The van der Waals surface area contributed by atoms with Gasteiger partial charge in [0.1, 0.15) is 5.78 Å². The minimum Gasteiger partial charge on any atom is -0.300 e. The Morgan fingerprint density at radius 2 is 1.94 bits per heavy atom. The van der Waals surface area contributed by atoms with E-state index in [-0.39, 0.29) is 5.92 Å². The number of hydrogen-bond donors (Lipinski definition) is 0. The second kappa shape index (κ2) is 5.51. The van der Waals surface area contributed by atoms with Crippen LogP contribution in [-0.4, -0.2) is 5.78 Å². The lowest BCUT2D eigenvalue weighted by Gasteiger charge is -2.03. The summed E-state index contributed by atoms with van der Waals surface area (Å²) >= 11 is 0. The normalized spacial score (nSPS) is 20.8. The monoisotopic (exact) mass is 212 g/mol. The van der Waals surface area contributed by atoms with Gasteiger partial charge in [-0.25, -0.2) is 0 Å². The second-order valence-electron chi connectivity index (χ2n) is 4.32. The number of carbonyl (C=O) groups excluding carboxylic acids is 1. The largest absolute Gasteiger partial charge is 0.300 e. The molecule has 0 bridgehead atoms. The van der Waals surface area contributed by atoms with Crippen LogP contribution < -0.4 is 0 Å². The zero-order chi connectivity index (χ0) is 11.2. The van der Waals surface area contributed by atoms with Gasteiger partial charge in [0.05, 0.1) is 0 Å². The third-order valence-corrected chi connectivity index (χ3v) is 2.93. The highest BCUT2D eigenvalue weighted by atomic mass is 16.1. The van der Waals surface area contributed by atoms with Gasteiger partial charge in [0.2, 0.25) is 0 Å². The molecule has 1 nitrogen and oxygen atoms in total. The Labute approximate surface area is 96.9 Å². The van der Waals surface area contributed by atoms with Gasteiger partial charge in [-0.15, -0.1) is 0 Å². The Balaban J connectivity index is 2.03. The highest BCUT2D eigenvalue weighted by molar-refractivity contribution is 5.79. The van der Waals surface area contributed by atoms with Gasteiger partial charge in [0.25, 0.3) is 0 Å². The lowest BCUT2D eigenvalue weighted by molar-refractivity contribution is -0.119. The first-order chi connectivity index (χ1) is 7.84. The van der Waals surface area contributed by atoms with Gasteiger partial charge >= 0.3 is 0 Å². The number of ketones is 1. The van der Waals surface area contributed by atoms with Crippen molar-refractivity contribution < 1.29 is 4.79 Å². The van der Waals surface area contributed by atoms with E-state index in [1.54, 1.807) is 0 Å². The lowest BCUT2D eigenvalue weighted by atomic mass is 10.0. The maximum atomic E-state index is 11.4. The average Bonchev–Trinajstić information content (AvgIpc) is 2.52. The first-order valence-electron chi connectivity index (χ1n) is 5.93. The van der Waals surface area contributed by atoms with E-state index in [1.807, 2.05) is 30.3 Å². The van der Waals surface area contributed by atoms with Crippen LogP contribution in [0.15, 0.2) is 30.3 Å². The Kier molecular flexibility index (Phi) is 3.77. The summed E-state index contributed by atoms with van der Waals surface area (Å²) in [6, 6.07) is 9.97. The van der Waals surface area contributed by atoms with Crippen molar-refractivity contribution in [2.24, 2.45) is 5.92 Å². The summed E-state index contributed by atoms with van der Waals surface area (Å²) in [6.07, 6.45) is 4.66. The molecule has 0 aromatic heterocycles. The quantitative estimate of drug-likeness (QED) is 0.477. The van der Waals surface area contributed by atoms with Gasteiger partial charge < -0.3 is 0 Å². The third-order valence-electron chi connectivity index (χ3n) is 2.93. The molecule has 0 radical (unpaired) electrons. The van der Waals surface area contributed by atoms with Crippen molar-refractivity contribution in [2.45, 2.75) is 32.1 Å². The van der Waals surface area contributed by atoms with E-state index in [1.165, 1.54) is 0 Å². The fourth-order valence-corrected chi connectivity index (χ4v) is 2.02. The maximum Gasteiger partial charge on any atom is 0.134 e. The highest BCUT2D eigenvalue weighted by Crippen LogP contribution is 2.19. The molecule has 0 saturated heterocycles. The summed E-state index contributed by atoms with van der Waals surface area (Å²) in [5.41, 5.74) is 1.04. The summed E-state index contributed by atoms with van der Waals surface area (Å²) in [5, 5.41) is 0. The van der Waals surface area contributed by atoms with Crippen LogP contribution in [0.5, 0.6) is 0 Å². The van der Waals surface area contributed by atoms with Crippen molar-refractivity contribution in [1.29, 1.82) is 0 Å². The van der Waals surface area contributed by atoms with Gasteiger partial charge in [-0.05, 0) is 25.0 Å². The molecule has 0 N–H and O–H groups in total. The van der Waals surface area contributed by atoms with Crippen molar-refractivity contribution in [3.63, 3.8) is 0 Å². The molecule has 0 heterocycles. The van der Waals surface area contributed by atoms with E-state index >= 15 is 0 Å². The summed E-state index contributed by atoms with van der Waals surface area (Å²) in [6.45, 7) is 0. The second-order valence-corrected chi connectivity index (χ2v) is 4.32. The van der Waals surface area contributed by atoms with Crippen LogP contribution in [0.25, 0.3) is 0 Å². The molecule has 1 fully saturated rings. The number of hydrogen-bond acceptors (Lipinski definition) is 1. The van der Waals surface area contributed by atoms with Crippen molar-refractivity contribution in [3.05, 3.63) is 35.9 Å². The van der Waals surface area contributed by atoms with Gasteiger partial charge in [-0.3, -0.25) is 4.79 Å².